The molecule has 0 aliphatic heterocycles. The van der Waals surface area contributed by atoms with Gasteiger partial charge >= 0.3 is 5.97 Å². The van der Waals surface area contributed by atoms with Crippen molar-refractivity contribution in [3.8, 4) is 28.3 Å². The molecule has 2 aromatic carbocycles. The number of hydrogen-bond donors (Lipinski definition) is 2. The minimum absolute atomic E-state index is 0.229. The van der Waals surface area contributed by atoms with E-state index in [2.05, 4.69) is 10.3 Å². The third-order valence-electron chi connectivity index (χ3n) is 5.54. The van der Waals surface area contributed by atoms with E-state index in [1.807, 2.05) is 72.1 Å². The van der Waals surface area contributed by atoms with Crippen LogP contribution in [-0.4, -0.2) is 34.1 Å². The third kappa shape index (κ3) is 6.10. The standard InChI is InChI=1S/C27H25N3O4S/c1-34-27-22(12-7-13-28-27)20-10-5-6-11-21(20)23-17-35-24(30-23)16-29-26(33)19(15-25(31)32)14-18-8-3-2-4-9-18/h2-13,17,19H,14-16H2,1H3,(H,29,33)(H,31,32)/t19-/m1/s1. The topological polar surface area (TPSA) is 101 Å². The van der Waals surface area contributed by atoms with Crippen LogP contribution in [0.2, 0.25) is 0 Å². The molecule has 1 atom stereocenters. The van der Waals surface area contributed by atoms with Crippen molar-refractivity contribution in [2.24, 2.45) is 5.92 Å². The van der Waals surface area contributed by atoms with Gasteiger partial charge in [0.1, 0.15) is 5.01 Å². The SMILES string of the molecule is COc1ncccc1-c1ccccc1-c1csc(CNC(=O)[C@@H](CC(=O)O)Cc2ccccc2)n1. The summed E-state index contributed by atoms with van der Waals surface area (Å²) in [4.78, 5) is 33.2. The van der Waals surface area contributed by atoms with Gasteiger partial charge in [-0.25, -0.2) is 9.97 Å². The van der Waals surface area contributed by atoms with E-state index in [1.54, 1.807) is 13.3 Å². The van der Waals surface area contributed by atoms with Gasteiger partial charge in [0.15, 0.2) is 0 Å². The minimum atomic E-state index is -1.000. The van der Waals surface area contributed by atoms with Gasteiger partial charge in [-0.3, -0.25) is 9.59 Å². The summed E-state index contributed by atoms with van der Waals surface area (Å²) in [5.41, 5.74) is 4.45. The van der Waals surface area contributed by atoms with Crippen molar-refractivity contribution in [1.29, 1.82) is 0 Å². The number of aromatic nitrogens is 2. The Bertz CT molecular complexity index is 1310. The summed E-state index contributed by atoms with van der Waals surface area (Å²) in [6.07, 6.45) is 1.82. The van der Waals surface area contributed by atoms with Gasteiger partial charge in [0.2, 0.25) is 11.8 Å². The second kappa shape index (κ2) is 11.4. The van der Waals surface area contributed by atoms with Gasteiger partial charge in [0.05, 0.1) is 31.7 Å². The summed E-state index contributed by atoms with van der Waals surface area (Å²) in [7, 11) is 1.59. The first-order chi connectivity index (χ1) is 17.0. The van der Waals surface area contributed by atoms with Crippen LogP contribution in [0.5, 0.6) is 5.88 Å². The molecule has 35 heavy (non-hydrogen) atoms. The zero-order valence-corrected chi connectivity index (χ0v) is 20.0. The molecule has 2 N–H and O–H groups in total. The Labute approximate surface area is 207 Å². The Kier molecular flexibility index (Phi) is 7.84. The van der Waals surface area contributed by atoms with E-state index in [1.165, 1.54) is 11.3 Å². The van der Waals surface area contributed by atoms with E-state index < -0.39 is 11.9 Å². The zero-order valence-electron chi connectivity index (χ0n) is 19.2. The number of benzene rings is 2. The van der Waals surface area contributed by atoms with Crippen LogP contribution in [0.4, 0.5) is 0 Å². The highest BCUT2D eigenvalue weighted by molar-refractivity contribution is 7.09. The van der Waals surface area contributed by atoms with E-state index in [-0.39, 0.29) is 18.9 Å². The molecule has 0 aliphatic rings. The molecule has 0 saturated carbocycles. The number of aliphatic carboxylic acids is 1. The maximum Gasteiger partial charge on any atom is 0.304 e. The average Bonchev–Trinajstić information content (AvgIpc) is 3.36. The van der Waals surface area contributed by atoms with E-state index in [4.69, 9.17) is 9.72 Å². The number of carboxylic acid groups (broad SMARTS) is 1. The van der Waals surface area contributed by atoms with Gasteiger partial charge < -0.3 is 15.2 Å². The Morgan fingerprint density at radius 2 is 1.71 bits per heavy atom. The molecule has 4 rings (SSSR count). The number of carboxylic acids is 1. The maximum atomic E-state index is 12.8. The molecule has 0 saturated heterocycles. The van der Waals surface area contributed by atoms with Gasteiger partial charge in [-0.15, -0.1) is 11.3 Å². The lowest BCUT2D eigenvalue weighted by atomic mass is 9.95. The van der Waals surface area contributed by atoms with Crippen LogP contribution >= 0.6 is 11.3 Å². The molecule has 178 valence electrons. The van der Waals surface area contributed by atoms with Gasteiger partial charge in [-0.05, 0) is 29.7 Å². The lowest BCUT2D eigenvalue weighted by molar-refractivity contribution is -0.141. The second-order valence-electron chi connectivity index (χ2n) is 7.93. The molecular weight excluding hydrogens is 462 g/mol. The molecule has 0 bridgehead atoms. The van der Waals surface area contributed by atoms with Crippen molar-refractivity contribution in [2.45, 2.75) is 19.4 Å². The first-order valence-corrected chi connectivity index (χ1v) is 12.0. The average molecular weight is 488 g/mol. The Hall–Kier alpha value is -4.04. The number of pyridine rings is 1. The van der Waals surface area contributed by atoms with E-state index in [0.29, 0.717) is 12.3 Å². The normalized spacial score (nSPS) is 11.6. The first kappa shape index (κ1) is 24.1. The van der Waals surface area contributed by atoms with Crippen molar-refractivity contribution >= 4 is 23.2 Å². The van der Waals surface area contributed by atoms with Crippen LogP contribution in [0, 0.1) is 5.92 Å². The number of carbonyl (C=O) groups excluding carboxylic acids is 1. The molecule has 0 unspecified atom stereocenters. The fourth-order valence-corrected chi connectivity index (χ4v) is 4.62. The number of amides is 1. The number of methoxy groups -OCH3 is 1. The molecule has 2 aromatic heterocycles. The van der Waals surface area contributed by atoms with Crippen molar-refractivity contribution < 1.29 is 19.4 Å². The lowest BCUT2D eigenvalue weighted by Gasteiger charge is -2.14. The quantitative estimate of drug-likeness (QED) is 0.332. The maximum absolute atomic E-state index is 12.8. The van der Waals surface area contributed by atoms with Crippen molar-refractivity contribution in [2.75, 3.05) is 7.11 Å². The predicted molar refractivity (Wildman–Crippen MR) is 135 cm³/mol. The summed E-state index contributed by atoms with van der Waals surface area (Å²) in [5, 5.41) is 14.8. The predicted octanol–water partition coefficient (Wildman–Crippen LogP) is 4.83. The lowest BCUT2D eigenvalue weighted by Crippen LogP contribution is -2.33. The van der Waals surface area contributed by atoms with Crippen molar-refractivity contribution in [1.82, 2.24) is 15.3 Å². The number of carbonyl (C=O) groups is 2. The van der Waals surface area contributed by atoms with Crippen LogP contribution in [0.1, 0.15) is 17.0 Å². The molecule has 7 nitrogen and oxygen atoms in total. The fourth-order valence-electron chi connectivity index (χ4n) is 3.89. The highest BCUT2D eigenvalue weighted by atomic mass is 32.1. The Morgan fingerprint density at radius 3 is 2.46 bits per heavy atom. The highest BCUT2D eigenvalue weighted by Gasteiger charge is 2.22. The van der Waals surface area contributed by atoms with E-state index in [9.17, 15) is 14.7 Å². The summed E-state index contributed by atoms with van der Waals surface area (Å²) < 4.78 is 5.43. The van der Waals surface area contributed by atoms with Crippen LogP contribution in [-0.2, 0) is 22.6 Å². The van der Waals surface area contributed by atoms with Crippen molar-refractivity contribution in [3.05, 3.63) is 88.9 Å². The molecule has 8 heteroatoms. The summed E-state index contributed by atoms with van der Waals surface area (Å²) in [6, 6.07) is 21.1. The molecule has 2 heterocycles. The molecule has 4 aromatic rings. The van der Waals surface area contributed by atoms with Crippen LogP contribution in [0.3, 0.4) is 0 Å². The fraction of sp³-hybridized carbons (Fsp3) is 0.185. The smallest absolute Gasteiger partial charge is 0.304 e. The number of ether oxygens (including phenoxy) is 1. The minimum Gasteiger partial charge on any atom is -0.481 e. The Morgan fingerprint density at radius 1 is 1.00 bits per heavy atom. The number of nitrogens with one attached hydrogen (secondary N) is 1. The van der Waals surface area contributed by atoms with E-state index >= 15 is 0 Å². The molecule has 0 radical (unpaired) electrons. The third-order valence-corrected chi connectivity index (χ3v) is 6.39. The van der Waals surface area contributed by atoms with Gasteiger partial charge in [0.25, 0.3) is 0 Å². The molecular formula is C27H25N3O4S. The second-order valence-corrected chi connectivity index (χ2v) is 8.88. The largest absolute Gasteiger partial charge is 0.481 e. The first-order valence-electron chi connectivity index (χ1n) is 11.1. The summed E-state index contributed by atoms with van der Waals surface area (Å²) in [5.74, 6) is -1.42. The number of hydrogen-bond acceptors (Lipinski definition) is 6. The zero-order chi connectivity index (χ0) is 24.6. The molecule has 0 spiro atoms. The van der Waals surface area contributed by atoms with Crippen LogP contribution < -0.4 is 10.1 Å². The summed E-state index contributed by atoms with van der Waals surface area (Å²) >= 11 is 1.44. The van der Waals surface area contributed by atoms with Gasteiger partial charge in [0, 0.05) is 22.7 Å². The van der Waals surface area contributed by atoms with E-state index in [0.717, 1.165) is 33.0 Å². The van der Waals surface area contributed by atoms with Gasteiger partial charge in [-0.1, -0.05) is 54.6 Å². The molecule has 0 aliphatic carbocycles. The number of thiazole rings is 1. The van der Waals surface area contributed by atoms with Crippen molar-refractivity contribution in [3.63, 3.8) is 0 Å². The van der Waals surface area contributed by atoms with Gasteiger partial charge in [-0.2, -0.15) is 0 Å². The molecule has 1 amide bonds. The summed E-state index contributed by atoms with van der Waals surface area (Å²) in [6.45, 7) is 0.229. The van der Waals surface area contributed by atoms with Crippen LogP contribution in [0.25, 0.3) is 22.4 Å². The monoisotopic (exact) mass is 487 g/mol. The highest BCUT2D eigenvalue weighted by Crippen LogP contribution is 2.36. The van der Waals surface area contributed by atoms with Crippen LogP contribution in [0.15, 0.2) is 78.3 Å². The number of nitrogens with zero attached hydrogens (tertiary/aromatic N) is 2. The Balaban J connectivity index is 1.49. The number of rotatable bonds is 10. The molecule has 0 fully saturated rings.